The number of aromatic nitrogens is 1. The molecular formula is C29H31ClFN3O3. The van der Waals surface area contributed by atoms with E-state index in [1.54, 1.807) is 31.9 Å². The predicted octanol–water partition coefficient (Wildman–Crippen LogP) is 5.53. The molecule has 37 heavy (non-hydrogen) atoms. The van der Waals surface area contributed by atoms with Crippen molar-refractivity contribution in [1.82, 2.24) is 4.57 Å². The summed E-state index contributed by atoms with van der Waals surface area (Å²) in [6, 6.07) is 7.89. The van der Waals surface area contributed by atoms with Crippen molar-refractivity contribution in [3.8, 4) is 11.1 Å². The highest BCUT2D eigenvalue weighted by molar-refractivity contribution is 6.38. The third-order valence-electron chi connectivity index (χ3n) is 7.50. The van der Waals surface area contributed by atoms with Gasteiger partial charge in [-0.1, -0.05) is 37.6 Å². The van der Waals surface area contributed by atoms with E-state index in [4.69, 9.17) is 31.1 Å². The molecule has 0 N–H and O–H groups in total. The van der Waals surface area contributed by atoms with Crippen LogP contribution in [0.3, 0.4) is 0 Å². The molecule has 2 atom stereocenters. The first-order valence-corrected chi connectivity index (χ1v) is 13.0. The summed E-state index contributed by atoms with van der Waals surface area (Å²) in [6.45, 7) is 4.16. The number of nitrogens with zero attached hydrogens (tertiary/aromatic N) is 3. The fourth-order valence-corrected chi connectivity index (χ4v) is 5.96. The second-order valence-corrected chi connectivity index (χ2v) is 10.4. The molecule has 1 aliphatic heterocycles. The molecule has 0 amide bonds. The van der Waals surface area contributed by atoms with Crippen molar-refractivity contribution in [3.05, 3.63) is 68.2 Å². The highest BCUT2D eigenvalue weighted by atomic mass is 35.5. The Morgan fingerprint density at radius 3 is 2.51 bits per heavy atom. The number of fused-ring (bicyclic) bond motifs is 2. The second kappa shape index (κ2) is 9.93. The summed E-state index contributed by atoms with van der Waals surface area (Å²) in [4.78, 5) is 23.1. The standard InChI is InChI=1S/C29H31ClFN3O3/c1-15(2)26-28(37-5)32-22(27(33-26)36-4)13-16-9-11-20(19-8-6-7-18(16)19)24-25(30)21-14-17(31)10-12-23(21)34(3)29(24)35/h9-12,14-15,22,26H,6-8,13H2,1-5H3/t22-,26+/m0/s1. The Morgan fingerprint density at radius 1 is 1.08 bits per heavy atom. The van der Waals surface area contributed by atoms with Crippen molar-refractivity contribution in [2.45, 2.75) is 51.6 Å². The van der Waals surface area contributed by atoms with E-state index in [9.17, 15) is 9.18 Å². The van der Waals surface area contributed by atoms with Crippen LogP contribution in [0.25, 0.3) is 22.0 Å². The molecule has 0 spiro atoms. The third kappa shape index (κ3) is 4.33. The molecule has 194 valence electrons. The van der Waals surface area contributed by atoms with Crippen LogP contribution in [-0.4, -0.2) is 42.7 Å². The number of ether oxygens (including phenoxy) is 2. The van der Waals surface area contributed by atoms with Crippen molar-refractivity contribution >= 4 is 34.3 Å². The Hall–Kier alpha value is -3.19. The van der Waals surface area contributed by atoms with Gasteiger partial charge in [-0.2, -0.15) is 0 Å². The molecule has 1 aromatic heterocycles. The first kappa shape index (κ1) is 25.5. The van der Waals surface area contributed by atoms with E-state index in [2.05, 4.69) is 19.9 Å². The fourth-order valence-electron chi connectivity index (χ4n) is 5.62. The van der Waals surface area contributed by atoms with Crippen LogP contribution in [-0.2, 0) is 35.8 Å². The van der Waals surface area contributed by atoms with Crippen LogP contribution in [0.5, 0.6) is 0 Å². The highest BCUT2D eigenvalue weighted by Crippen LogP contribution is 2.39. The lowest BCUT2D eigenvalue weighted by atomic mass is 9.90. The number of rotatable bonds is 4. The van der Waals surface area contributed by atoms with E-state index in [-0.39, 0.29) is 28.6 Å². The second-order valence-electron chi connectivity index (χ2n) is 10.0. The maximum absolute atomic E-state index is 14.1. The molecule has 8 heteroatoms. The molecule has 6 nitrogen and oxygen atoms in total. The van der Waals surface area contributed by atoms with Gasteiger partial charge < -0.3 is 14.0 Å². The third-order valence-corrected chi connectivity index (χ3v) is 7.89. The van der Waals surface area contributed by atoms with Gasteiger partial charge in [0, 0.05) is 18.9 Å². The Morgan fingerprint density at radius 2 is 1.81 bits per heavy atom. The smallest absolute Gasteiger partial charge is 0.260 e. The zero-order chi connectivity index (χ0) is 26.4. The monoisotopic (exact) mass is 523 g/mol. The van der Waals surface area contributed by atoms with Gasteiger partial charge in [0.05, 0.1) is 30.3 Å². The summed E-state index contributed by atoms with van der Waals surface area (Å²) in [6.07, 6.45) is 3.34. The molecule has 5 rings (SSSR count). The first-order valence-electron chi connectivity index (χ1n) is 12.6. The predicted molar refractivity (Wildman–Crippen MR) is 147 cm³/mol. The van der Waals surface area contributed by atoms with Crippen molar-refractivity contribution in [3.63, 3.8) is 0 Å². The fraction of sp³-hybridized carbons (Fsp3) is 0.414. The maximum Gasteiger partial charge on any atom is 0.260 e. The average molecular weight is 524 g/mol. The molecule has 0 fully saturated rings. The van der Waals surface area contributed by atoms with Gasteiger partial charge in [0.2, 0.25) is 11.8 Å². The SMILES string of the molecule is COC1=N[C@H](C(C)C)C(OC)=N[C@H]1Cc1ccc(-c2c(Cl)c3cc(F)ccc3n(C)c2=O)c2c1CCC2. The lowest BCUT2D eigenvalue weighted by molar-refractivity contribution is 0.332. The van der Waals surface area contributed by atoms with Gasteiger partial charge in [-0.25, -0.2) is 14.4 Å². The lowest BCUT2D eigenvalue weighted by Crippen LogP contribution is -2.38. The number of benzene rings is 2. The van der Waals surface area contributed by atoms with E-state index in [0.29, 0.717) is 34.7 Å². The van der Waals surface area contributed by atoms with Crippen molar-refractivity contribution in [2.24, 2.45) is 23.0 Å². The maximum atomic E-state index is 14.1. The summed E-state index contributed by atoms with van der Waals surface area (Å²) in [7, 11) is 4.96. The largest absolute Gasteiger partial charge is 0.483 e. The number of hydrogen-bond acceptors (Lipinski definition) is 5. The average Bonchev–Trinajstić information content (AvgIpc) is 3.38. The van der Waals surface area contributed by atoms with Crippen LogP contribution in [0.15, 0.2) is 45.1 Å². The number of halogens is 2. The summed E-state index contributed by atoms with van der Waals surface area (Å²) in [5.41, 5.74) is 5.12. The van der Waals surface area contributed by atoms with Crippen LogP contribution < -0.4 is 5.56 Å². The molecule has 0 bridgehead atoms. The van der Waals surface area contributed by atoms with Crippen LogP contribution in [0.1, 0.15) is 37.0 Å². The van der Waals surface area contributed by atoms with Gasteiger partial charge in [0.15, 0.2) is 0 Å². The van der Waals surface area contributed by atoms with Gasteiger partial charge >= 0.3 is 0 Å². The molecule has 2 aliphatic rings. The van der Waals surface area contributed by atoms with Crippen LogP contribution in [0, 0.1) is 11.7 Å². The van der Waals surface area contributed by atoms with Gasteiger partial charge in [0.1, 0.15) is 17.9 Å². The molecule has 0 radical (unpaired) electrons. The quantitative estimate of drug-likeness (QED) is 0.452. The van der Waals surface area contributed by atoms with Gasteiger partial charge in [-0.15, -0.1) is 0 Å². The van der Waals surface area contributed by atoms with Crippen molar-refractivity contribution < 1.29 is 13.9 Å². The van der Waals surface area contributed by atoms with Crippen LogP contribution >= 0.6 is 11.6 Å². The number of aliphatic imine (C=N–C) groups is 2. The van der Waals surface area contributed by atoms with Crippen molar-refractivity contribution in [1.29, 1.82) is 0 Å². The van der Waals surface area contributed by atoms with Crippen LogP contribution in [0.4, 0.5) is 4.39 Å². The zero-order valence-corrected chi connectivity index (χ0v) is 22.5. The lowest BCUT2D eigenvalue weighted by Gasteiger charge is -2.27. The van der Waals surface area contributed by atoms with Crippen LogP contribution in [0.2, 0.25) is 5.02 Å². The molecule has 0 unspecified atom stereocenters. The Kier molecular flexibility index (Phi) is 6.84. The molecule has 2 heterocycles. The minimum Gasteiger partial charge on any atom is -0.483 e. The number of hydrogen-bond donors (Lipinski definition) is 0. The summed E-state index contributed by atoms with van der Waals surface area (Å²) in [5, 5.41) is 0.813. The minimum atomic E-state index is -0.390. The normalized spacial score (nSPS) is 19.1. The van der Waals surface area contributed by atoms with E-state index < -0.39 is 5.82 Å². The van der Waals surface area contributed by atoms with Gasteiger partial charge in [0.25, 0.3) is 5.56 Å². The minimum absolute atomic E-state index is 0.166. The number of aryl methyl sites for hydroxylation is 1. The molecular weight excluding hydrogens is 493 g/mol. The van der Waals surface area contributed by atoms with E-state index in [0.717, 1.165) is 36.0 Å². The van der Waals surface area contributed by atoms with Gasteiger partial charge in [-0.05, 0) is 65.6 Å². The highest BCUT2D eigenvalue weighted by Gasteiger charge is 2.32. The number of methoxy groups -OCH3 is 2. The molecule has 3 aromatic rings. The summed E-state index contributed by atoms with van der Waals surface area (Å²) in [5.74, 6) is 1.06. The Labute approximate surface area is 220 Å². The van der Waals surface area contributed by atoms with E-state index in [1.165, 1.54) is 17.7 Å². The Bertz CT molecular complexity index is 1510. The Balaban J connectivity index is 1.60. The molecule has 0 saturated carbocycles. The van der Waals surface area contributed by atoms with E-state index >= 15 is 0 Å². The first-order chi connectivity index (χ1) is 17.7. The van der Waals surface area contributed by atoms with E-state index in [1.807, 2.05) is 6.07 Å². The van der Waals surface area contributed by atoms with Crippen molar-refractivity contribution in [2.75, 3.05) is 14.2 Å². The summed E-state index contributed by atoms with van der Waals surface area (Å²) < 4.78 is 26.9. The van der Waals surface area contributed by atoms with Gasteiger partial charge in [-0.3, -0.25) is 4.79 Å². The molecule has 0 saturated heterocycles. The molecule has 2 aromatic carbocycles. The summed E-state index contributed by atoms with van der Waals surface area (Å²) >= 11 is 6.79. The topological polar surface area (TPSA) is 65.2 Å². The number of pyridine rings is 1. The molecule has 1 aliphatic carbocycles. The zero-order valence-electron chi connectivity index (χ0n) is 21.8.